The highest BCUT2D eigenvalue weighted by molar-refractivity contribution is 7.92. The number of nitrogens with one attached hydrogen (secondary N) is 2. The molecule has 33 heavy (non-hydrogen) atoms. The SMILES string of the molecule is Cc1oc(-c2ccccc2NS(=O)(=O)c2cccc(F)c2)nc1CNC(=O)c1cnccn1. The van der Waals surface area contributed by atoms with E-state index in [1.165, 1.54) is 30.7 Å². The van der Waals surface area contributed by atoms with E-state index in [9.17, 15) is 17.6 Å². The number of para-hydroxylation sites is 1. The first-order chi connectivity index (χ1) is 15.8. The molecular weight excluding hydrogens is 449 g/mol. The zero-order valence-corrected chi connectivity index (χ0v) is 18.1. The number of hydrogen-bond donors (Lipinski definition) is 2. The highest BCUT2D eigenvalue weighted by Gasteiger charge is 2.20. The Hall–Kier alpha value is -4.12. The summed E-state index contributed by atoms with van der Waals surface area (Å²) in [6.07, 6.45) is 4.22. The van der Waals surface area contributed by atoms with Crippen LogP contribution in [0.5, 0.6) is 0 Å². The van der Waals surface area contributed by atoms with Gasteiger partial charge in [0.1, 0.15) is 23.0 Å². The number of anilines is 1. The summed E-state index contributed by atoms with van der Waals surface area (Å²) in [6.45, 7) is 1.75. The fourth-order valence-corrected chi connectivity index (χ4v) is 4.09. The van der Waals surface area contributed by atoms with Crippen molar-refractivity contribution < 1.29 is 22.0 Å². The van der Waals surface area contributed by atoms with E-state index in [4.69, 9.17) is 4.42 Å². The number of aromatic nitrogens is 3. The number of hydrogen-bond acceptors (Lipinski definition) is 7. The van der Waals surface area contributed by atoms with E-state index in [-0.39, 0.29) is 28.7 Å². The lowest BCUT2D eigenvalue weighted by atomic mass is 10.2. The molecule has 0 saturated heterocycles. The minimum Gasteiger partial charge on any atom is -0.441 e. The minimum absolute atomic E-state index is 0.0714. The molecule has 2 N–H and O–H groups in total. The molecule has 0 atom stereocenters. The van der Waals surface area contributed by atoms with Crippen LogP contribution in [0, 0.1) is 12.7 Å². The number of oxazole rings is 1. The molecule has 4 rings (SSSR count). The van der Waals surface area contributed by atoms with Crippen molar-refractivity contribution in [2.24, 2.45) is 0 Å². The molecule has 0 fully saturated rings. The lowest BCUT2D eigenvalue weighted by Gasteiger charge is -2.11. The van der Waals surface area contributed by atoms with E-state index in [2.05, 4.69) is 25.0 Å². The number of nitrogens with zero attached hydrogens (tertiary/aromatic N) is 3. The normalized spacial score (nSPS) is 11.2. The fraction of sp³-hybridized carbons (Fsp3) is 0.0909. The lowest BCUT2D eigenvalue weighted by Crippen LogP contribution is -2.24. The van der Waals surface area contributed by atoms with Crippen LogP contribution in [-0.4, -0.2) is 29.3 Å². The van der Waals surface area contributed by atoms with Gasteiger partial charge in [0.2, 0.25) is 5.89 Å². The Bertz CT molecular complexity index is 1410. The standard InChI is InChI=1S/C22H18FN5O4S/c1-14-19(13-26-21(29)20-12-24-9-10-25-20)27-22(32-14)17-7-2-3-8-18(17)28-33(30,31)16-6-4-5-15(23)11-16/h2-12,28H,13H2,1H3,(H,26,29). The minimum atomic E-state index is -4.05. The molecule has 2 aromatic carbocycles. The summed E-state index contributed by atoms with van der Waals surface area (Å²) in [4.78, 5) is 24.2. The monoisotopic (exact) mass is 467 g/mol. The van der Waals surface area contributed by atoms with Gasteiger partial charge < -0.3 is 9.73 Å². The maximum Gasteiger partial charge on any atom is 0.271 e. The summed E-state index contributed by atoms with van der Waals surface area (Å²) in [5.41, 5.74) is 1.21. The molecule has 9 nitrogen and oxygen atoms in total. The second kappa shape index (κ2) is 9.17. The third kappa shape index (κ3) is 5.04. The molecule has 0 spiro atoms. The molecule has 1 amide bonds. The quantitative estimate of drug-likeness (QED) is 0.427. The number of sulfonamides is 1. The summed E-state index contributed by atoms with van der Waals surface area (Å²) in [6, 6.07) is 11.2. The second-order valence-corrected chi connectivity index (χ2v) is 8.59. The van der Waals surface area contributed by atoms with Crippen molar-refractivity contribution in [3.05, 3.63) is 90.1 Å². The van der Waals surface area contributed by atoms with Crippen LogP contribution in [0.15, 0.2) is 76.4 Å². The van der Waals surface area contributed by atoms with E-state index in [1.54, 1.807) is 31.2 Å². The van der Waals surface area contributed by atoms with Gasteiger partial charge in [0.25, 0.3) is 15.9 Å². The van der Waals surface area contributed by atoms with Crippen LogP contribution in [0.3, 0.4) is 0 Å². The van der Waals surface area contributed by atoms with Crippen molar-refractivity contribution in [2.45, 2.75) is 18.4 Å². The van der Waals surface area contributed by atoms with Crippen molar-refractivity contribution in [1.82, 2.24) is 20.3 Å². The summed E-state index contributed by atoms with van der Waals surface area (Å²) in [5.74, 6) is -0.473. The predicted octanol–water partition coefficient (Wildman–Crippen LogP) is 3.31. The van der Waals surface area contributed by atoms with Crippen LogP contribution in [-0.2, 0) is 16.6 Å². The Kier molecular flexibility index (Phi) is 6.13. The largest absolute Gasteiger partial charge is 0.441 e. The third-order valence-corrected chi connectivity index (χ3v) is 5.98. The highest BCUT2D eigenvalue weighted by atomic mass is 32.2. The zero-order valence-electron chi connectivity index (χ0n) is 17.3. The van der Waals surface area contributed by atoms with Crippen LogP contribution in [0.2, 0.25) is 0 Å². The molecule has 2 heterocycles. The molecular formula is C22H18FN5O4S. The van der Waals surface area contributed by atoms with Gasteiger partial charge in [-0.25, -0.2) is 22.8 Å². The van der Waals surface area contributed by atoms with Crippen molar-refractivity contribution in [1.29, 1.82) is 0 Å². The van der Waals surface area contributed by atoms with E-state index in [1.807, 2.05) is 0 Å². The van der Waals surface area contributed by atoms with Crippen molar-refractivity contribution in [2.75, 3.05) is 4.72 Å². The smallest absolute Gasteiger partial charge is 0.271 e. The summed E-state index contributed by atoms with van der Waals surface area (Å²) < 4.78 is 47.2. The van der Waals surface area contributed by atoms with Crippen molar-refractivity contribution >= 4 is 21.6 Å². The van der Waals surface area contributed by atoms with Crippen LogP contribution in [0.1, 0.15) is 21.9 Å². The van der Waals surface area contributed by atoms with Crippen molar-refractivity contribution in [3.63, 3.8) is 0 Å². The Morgan fingerprint density at radius 1 is 1.12 bits per heavy atom. The van der Waals surface area contributed by atoms with Crippen LogP contribution < -0.4 is 10.0 Å². The first-order valence-corrected chi connectivity index (χ1v) is 11.2. The van der Waals surface area contributed by atoms with Gasteiger partial charge in [-0.05, 0) is 37.3 Å². The van der Waals surface area contributed by atoms with Gasteiger partial charge in [-0.15, -0.1) is 0 Å². The first-order valence-electron chi connectivity index (χ1n) is 9.72. The van der Waals surface area contributed by atoms with E-state index in [0.717, 1.165) is 12.1 Å². The Morgan fingerprint density at radius 3 is 2.70 bits per heavy atom. The van der Waals surface area contributed by atoms with Gasteiger partial charge in [0.15, 0.2) is 0 Å². The zero-order chi connectivity index (χ0) is 23.4. The van der Waals surface area contributed by atoms with Crippen LogP contribution in [0.4, 0.5) is 10.1 Å². The van der Waals surface area contributed by atoms with Gasteiger partial charge in [-0.3, -0.25) is 14.5 Å². The number of carbonyl (C=O) groups excluding carboxylic acids is 1. The van der Waals surface area contributed by atoms with E-state index in [0.29, 0.717) is 17.0 Å². The van der Waals surface area contributed by atoms with Crippen LogP contribution >= 0.6 is 0 Å². The van der Waals surface area contributed by atoms with Gasteiger partial charge in [0.05, 0.1) is 28.9 Å². The second-order valence-electron chi connectivity index (χ2n) is 6.90. The summed E-state index contributed by atoms with van der Waals surface area (Å²) in [5, 5.41) is 2.69. The molecule has 168 valence electrons. The molecule has 0 saturated carbocycles. The molecule has 0 bridgehead atoms. The number of aryl methyl sites for hydroxylation is 1. The Morgan fingerprint density at radius 2 is 1.94 bits per heavy atom. The third-order valence-electron chi connectivity index (χ3n) is 4.61. The highest BCUT2D eigenvalue weighted by Crippen LogP contribution is 2.30. The van der Waals surface area contributed by atoms with Crippen molar-refractivity contribution in [3.8, 4) is 11.5 Å². The first kappa shape index (κ1) is 22.1. The summed E-state index contributed by atoms with van der Waals surface area (Å²) in [7, 11) is -4.05. The number of carbonyl (C=O) groups is 1. The Labute approximate surface area is 188 Å². The number of amides is 1. The van der Waals surface area contributed by atoms with Crippen LogP contribution in [0.25, 0.3) is 11.5 Å². The maximum absolute atomic E-state index is 13.5. The number of benzene rings is 2. The maximum atomic E-state index is 13.5. The van der Waals surface area contributed by atoms with Gasteiger partial charge in [0, 0.05) is 12.4 Å². The van der Waals surface area contributed by atoms with Gasteiger partial charge >= 0.3 is 0 Å². The molecule has 0 aliphatic carbocycles. The average Bonchev–Trinajstić information content (AvgIpc) is 3.18. The van der Waals surface area contributed by atoms with Gasteiger partial charge in [-0.1, -0.05) is 18.2 Å². The molecule has 0 unspecified atom stereocenters. The molecule has 0 aliphatic heterocycles. The molecule has 2 aromatic heterocycles. The van der Waals surface area contributed by atoms with E-state index >= 15 is 0 Å². The fourth-order valence-electron chi connectivity index (χ4n) is 2.97. The molecule has 4 aromatic rings. The molecule has 0 aliphatic rings. The number of rotatable bonds is 7. The molecule has 0 radical (unpaired) electrons. The summed E-state index contributed by atoms with van der Waals surface area (Å²) >= 11 is 0. The predicted molar refractivity (Wildman–Crippen MR) is 117 cm³/mol. The number of halogens is 1. The lowest BCUT2D eigenvalue weighted by molar-refractivity contribution is 0.0945. The van der Waals surface area contributed by atoms with E-state index < -0.39 is 21.7 Å². The Balaban J connectivity index is 1.56. The topological polar surface area (TPSA) is 127 Å². The molecule has 11 heteroatoms. The average molecular weight is 467 g/mol. The van der Waals surface area contributed by atoms with Gasteiger partial charge in [-0.2, -0.15) is 0 Å².